The quantitative estimate of drug-likeness (QED) is 0.618. The molecule has 4 heterocycles. The highest BCUT2D eigenvalue weighted by atomic mass is 19.4. The predicted molar refractivity (Wildman–Crippen MR) is 101 cm³/mol. The normalized spacial score (nSPS) is 19.8. The van der Waals surface area contributed by atoms with Gasteiger partial charge in [-0.25, -0.2) is 9.97 Å². The van der Waals surface area contributed by atoms with Crippen molar-refractivity contribution in [2.24, 2.45) is 0 Å². The maximum absolute atomic E-state index is 13.2. The third-order valence-corrected chi connectivity index (χ3v) is 5.17. The number of hydrogen-bond acceptors (Lipinski definition) is 6. The molecule has 0 radical (unpaired) electrons. The molecule has 10 heteroatoms. The lowest BCUT2D eigenvalue weighted by Gasteiger charge is -2.26. The van der Waals surface area contributed by atoms with Crippen molar-refractivity contribution in [1.29, 1.82) is 0 Å². The molecule has 2 atom stereocenters. The largest absolute Gasteiger partial charge is 0.421 e. The minimum atomic E-state index is -4.81. The third kappa shape index (κ3) is 3.77. The molecule has 0 amide bonds. The zero-order chi connectivity index (χ0) is 20.6. The lowest BCUT2D eigenvalue weighted by atomic mass is 9.97. The van der Waals surface area contributed by atoms with E-state index in [9.17, 15) is 18.3 Å². The van der Waals surface area contributed by atoms with Crippen LogP contribution in [0, 0.1) is 0 Å². The highest BCUT2D eigenvalue weighted by Crippen LogP contribution is 2.38. The summed E-state index contributed by atoms with van der Waals surface area (Å²) in [5.74, 6) is 0.588. The van der Waals surface area contributed by atoms with Crippen molar-refractivity contribution in [2.45, 2.75) is 37.6 Å². The number of aliphatic hydroxyl groups is 1. The number of halogens is 3. The van der Waals surface area contributed by atoms with Gasteiger partial charge in [-0.05, 0) is 32.4 Å². The number of aromatic nitrogens is 4. The molecule has 1 aliphatic rings. The number of fused-ring (bicyclic) bond motifs is 1. The van der Waals surface area contributed by atoms with Crippen LogP contribution in [0.4, 0.5) is 19.0 Å². The highest BCUT2D eigenvalue weighted by molar-refractivity contribution is 5.61. The molecule has 154 valence electrons. The lowest BCUT2D eigenvalue weighted by Crippen LogP contribution is -2.39. The Morgan fingerprint density at radius 3 is 2.79 bits per heavy atom. The fraction of sp³-hybridized carbons (Fsp3) is 0.421. The van der Waals surface area contributed by atoms with Crippen molar-refractivity contribution in [1.82, 2.24) is 24.7 Å². The first kappa shape index (κ1) is 19.6. The Balaban J connectivity index is 1.69. The Hall–Kier alpha value is -2.72. The number of nitrogens with zero attached hydrogens (tertiary/aromatic N) is 4. The highest BCUT2D eigenvalue weighted by Gasteiger charge is 2.51. The van der Waals surface area contributed by atoms with Crippen molar-refractivity contribution in [3.63, 3.8) is 0 Å². The minimum Gasteiger partial charge on any atom is -0.376 e. The summed E-state index contributed by atoms with van der Waals surface area (Å²) < 4.78 is 41.2. The third-order valence-electron chi connectivity index (χ3n) is 5.17. The maximum Gasteiger partial charge on any atom is 0.421 e. The van der Waals surface area contributed by atoms with Crippen LogP contribution in [-0.2, 0) is 5.60 Å². The van der Waals surface area contributed by atoms with Crippen LogP contribution in [0.25, 0.3) is 17.0 Å². The number of piperidine rings is 1. The van der Waals surface area contributed by atoms with Gasteiger partial charge in [-0.3, -0.25) is 9.38 Å². The van der Waals surface area contributed by atoms with E-state index in [1.54, 1.807) is 6.20 Å². The fourth-order valence-corrected chi connectivity index (χ4v) is 3.36. The number of anilines is 1. The van der Waals surface area contributed by atoms with E-state index in [4.69, 9.17) is 0 Å². The fourth-order valence-electron chi connectivity index (χ4n) is 3.36. The Kier molecular flexibility index (Phi) is 4.91. The number of nitrogens with one attached hydrogen (secondary N) is 2. The number of rotatable bonds is 4. The minimum absolute atomic E-state index is 0.240. The van der Waals surface area contributed by atoms with Gasteiger partial charge in [0, 0.05) is 24.3 Å². The molecule has 1 saturated heterocycles. The standard InChI is InChI=1S/C19H21F3N6O/c1-18(29,19(20,21)22)12-4-5-17-25-9-15(28(17)11-12)14-8-24-10-16(27-14)26-13-3-2-6-23-7-13/h4-5,8-11,13,23,29H,2-3,6-7H2,1H3,(H,26,27)/t13-,18-/m1/s1. The molecule has 1 aliphatic heterocycles. The summed E-state index contributed by atoms with van der Waals surface area (Å²) in [6.45, 7) is 2.56. The molecular weight excluding hydrogens is 385 g/mol. The summed E-state index contributed by atoms with van der Waals surface area (Å²) in [6, 6.07) is 2.89. The summed E-state index contributed by atoms with van der Waals surface area (Å²) in [7, 11) is 0. The van der Waals surface area contributed by atoms with Gasteiger partial charge in [0.2, 0.25) is 0 Å². The molecule has 29 heavy (non-hydrogen) atoms. The second-order valence-corrected chi connectivity index (χ2v) is 7.34. The van der Waals surface area contributed by atoms with E-state index in [2.05, 4.69) is 25.6 Å². The van der Waals surface area contributed by atoms with Gasteiger partial charge in [-0.15, -0.1) is 0 Å². The van der Waals surface area contributed by atoms with Gasteiger partial charge in [0.15, 0.2) is 5.60 Å². The van der Waals surface area contributed by atoms with Crippen LogP contribution in [0.1, 0.15) is 25.3 Å². The van der Waals surface area contributed by atoms with E-state index in [0.29, 0.717) is 22.9 Å². The molecule has 0 unspecified atom stereocenters. The topological polar surface area (TPSA) is 87.4 Å². The monoisotopic (exact) mass is 406 g/mol. The molecule has 0 spiro atoms. The van der Waals surface area contributed by atoms with Crippen LogP contribution in [0.3, 0.4) is 0 Å². The van der Waals surface area contributed by atoms with Crippen LogP contribution in [0.5, 0.6) is 0 Å². The molecule has 0 aliphatic carbocycles. The van der Waals surface area contributed by atoms with Crippen molar-refractivity contribution >= 4 is 11.5 Å². The van der Waals surface area contributed by atoms with Crippen LogP contribution in [-0.4, -0.2) is 49.8 Å². The van der Waals surface area contributed by atoms with Gasteiger partial charge >= 0.3 is 6.18 Å². The Morgan fingerprint density at radius 2 is 2.07 bits per heavy atom. The first-order chi connectivity index (χ1) is 13.8. The van der Waals surface area contributed by atoms with E-state index in [-0.39, 0.29) is 11.6 Å². The van der Waals surface area contributed by atoms with E-state index >= 15 is 0 Å². The van der Waals surface area contributed by atoms with Gasteiger partial charge in [0.05, 0.1) is 24.3 Å². The van der Waals surface area contributed by atoms with Crippen molar-refractivity contribution in [2.75, 3.05) is 18.4 Å². The Labute approximate surface area is 165 Å². The van der Waals surface area contributed by atoms with Gasteiger partial charge in [-0.2, -0.15) is 13.2 Å². The summed E-state index contributed by atoms with van der Waals surface area (Å²) in [5.41, 5.74) is -1.87. The number of alkyl halides is 3. The maximum atomic E-state index is 13.2. The second kappa shape index (κ2) is 7.27. The average molecular weight is 406 g/mol. The number of imidazole rings is 1. The summed E-state index contributed by atoms with van der Waals surface area (Å²) >= 11 is 0. The molecule has 3 aromatic rings. The Bertz CT molecular complexity index is 1010. The van der Waals surface area contributed by atoms with E-state index in [1.807, 2.05) is 0 Å². The van der Waals surface area contributed by atoms with Gasteiger partial charge in [0.1, 0.15) is 17.2 Å². The van der Waals surface area contributed by atoms with Crippen LogP contribution >= 0.6 is 0 Å². The summed E-state index contributed by atoms with van der Waals surface area (Å²) in [6.07, 6.45) is 3.18. The summed E-state index contributed by atoms with van der Waals surface area (Å²) in [4.78, 5) is 13.0. The van der Waals surface area contributed by atoms with Gasteiger partial charge < -0.3 is 15.7 Å². The van der Waals surface area contributed by atoms with Crippen molar-refractivity contribution in [3.8, 4) is 11.4 Å². The molecule has 1 fully saturated rings. The van der Waals surface area contributed by atoms with Crippen LogP contribution < -0.4 is 10.6 Å². The first-order valence-electron chi connectivity index (χ1n) is 9.32. The smallest absolute Gasteiger partial charge is 0.376 e. The molecule has 0 saturated carbocycles. The predicted octanol–water partition coefficient (Wildman–Crippen LogP) is 2.73. The lowest BCUT2D eigenvalue weighted by molar-refractivity contribution is -0.259. The molecule has 7 nitrogen and oxygen atoms in total. The van der Waals surface area contributed by atoms with Crippen molar-refractivity contribution < 1.29 is 18.3 Å². The second-order valence-electron chi connectivity index (χ2n) is 7.34. The average Bonchev–Trinajstić information content (AvgIpc) is 3.11. The molecule has 3 N–H and O–H groups in total. The van der Waals surface area contributed by atoms with Crippen LogP contribution in [0.15, 0.2) is 36.9 Å². The van der Waals surface area contributed by atoms with E-state index in [0.717, 1.165) is 32.9 Å². The van der Waals surface area contributed by atoms with Crippen LogP contribution in [0.2, 0.25) is 0 Å². The Morgan fingerprint density at radius 1 is 1.24 bits per heavy atom. The molecular formula is C19H21F3N6O. The number of hydrogen-bond donors (Lipinski definition) is 3. The SMILES string of the molecule is C[C@@](O)(c1ccc2ncc(-c3cncc(N[C@@H]4CCCNC4)n3)n2c1)C(F)(F)F. The first-order valence-corrected chi connectivity index (χ1v) is 9.32. The van der Waals surface area contributed by atoms with Gasteiger partial charge in [0.25, 0.3) is 0 Å². The summed E-state index contributed by atoms with van der Waals surface area (Å²) in [5, 5.41) is 16.7. The zero-order valence-corrected chi connectivity index (χ0v) is 15.7. The van der Waals surface area contributed by atoms with Gasteiger partial charge in [-0.1, -0.05) is 6.07 Å². The zero-order valence-electron chi connectivity index (χ0n) is 15.7. The van der Waals surface area contributed by atoms with Crippen molar-refractivity contribution in [3.05, 3.63) is 42.5 Å². The molecule has 3 aromatic heterocycles. The number of pyridine rings is 1. The van der Waals surface area contributed by atoms with E-state index < -0.39 is 11.8 Å². The molecule has 0 bridgehead atoms. The molecule has 4 rings (SSSR count). The van der Waals surface area contributed by atoms with E-state index in [1.165, 1.54) is 35.1 Å². The molecule has 0 aromatic carbocycles.